The maximum Gasteiger partial charge on any atom is 0.274 e. The van der Waals surface area contributed by atoms with Crippen LogP contribution in [0.25, 0.3) is 0 Å². The standard InChI is InChI=1S/C28H36N10O4/c1-14-8-9-17(36-35-14)24(41)37(4)12-18-21-28(34-25(29)33-21)22(39)19(13-38(28)26(30)32-18)31-23(40)15-6-5-7-16-20(15)42-11-10-27(16,2)3/h5-9,18-19,21-22,39H,10-13H2,1-4H3,(H2,30,32)(H,31,40)(H3,29,33,34)/t18-,19?,21-,22+,28?/m0/s1. The van der Waals surface area contributed by atoms with Gasteiger partial charge >= 0.3 is 0 Å². The lowest BCUT2D eigenvalue weighted by molar-refractivity contribution is 0.00288. The van der Waals surface area contributed by atoms with Crippen molar-refractivity contribution in [3.05, 3.63) is 52.8 Å². The van der Waals surface area contributed by atoms with E-state index in [0.29, 0.717) is 23.6 Å². The zero-order chi connectivity index (χ0) is 30.0. The molecule has 42 heavy (non-hydrogen) atoms. The van der Waals surface area contributed by atoms with E-state index in [9.17, 15) is 14.7 Å². The zero-order valence-corrected chi connectivity index (χ0v) is 24.0. The Kier molecular flexibility index (Phi) is 6.48. The van der Waals surface area contributed by atoms with Gasteiger partial charge in [-0.25, -0.2) is 0 Å². The van der Waals surface area contributed by atoms with E-state index in [4.69, 9.17) is 15.6 Å². The number of nitrogens with zero attached hydrogens (tertiary/aromatic N) is 4. The largest absolute Gasteiger partial charge is 0.492 e. The van der Waals surface area contributed by atoms with Gasteiger partial charge in [-0.05, 0) is 37.0 Å². The molecule has 1 aromatic carbocycles. The highest BCUT2D eigenvalue weighted by molar-refractivity contribution is 5.98. The third kappa shape index (κ3) is 4.28. The molecule has 7 N–H and O–H groups in total. The summed E-state index contributed by atoms with van der Waals surface area (Å²) >= 11 is 0. The number of ether oxygens (including phenoxy) is 1. The van der Waals surface area contributed by atoms with Gasteiger partial charge in [-0.3, -0.25) is 20.4 Å². The molecule has 14 nitrogen and oxygen atoms in total. The molecule has 5 atom stereocenters. The molecule has 3 fully saturated rings. The number of carbonyl (C=O) groups excluding carboxylic acids is 2. The van der Waals surface area contributed by atoms with Crippen LogP contribution in [-0.4, -0.2) is 105 Å². The molecule has 222 valence electrons. The number of amides is 2. The minimum Gasteiger partial charge on any atom is -0.492 e. The number of fused-ring (bicyclic) bond motifs is 1. The van der Waals surface area contributed by atoms with Gasteiger partial charge < -0.3 is 40.9 Å². The fourth-order valence-corrected chi connectivity index (χ4v) is 6.56. The number of rotatable bonds is 5. The quantitative estimate of drug-likeness (QED) is 0.244. The van der Waals surface area contributed by atoms with Crippen LogP contribution in [0, 0.1) is 17.7 Å². The second kappa shape index (κ2) is 9.82. The number of aliphatic hydroxyl groups excluding tert-OH is 1. The van der Waals surface area contributed by atoms with E-state index in [-0.39, 0.29) is 47.9 Å². The van der Waals surface area contributed by atoms with Gasteiger partial charge in [0.2, 0.25) is 0 Å². The van der Waals surface area contributed by atoms with Crippen molar-refractivity contribution in [2.75, 3.05) is 26.7 Å². The van der Waals surface area contributed by atoms with Crippen molar-refractivity contribution < 1.29 is 19.4 Å². The van der Waals surface area contributed by atoms with Crippen molar-refractivity contribution in [2.24, 2.45) is 0 Å². The van der Waals surface area contributed by atoms with Gasteiger partial charge in [0.15, 0.2) is 23.3 Å². The highest BCUT2D eigenvalue weighted by atomic mass is 16.5. The van der Waals surface area contributed by atoms with Crippen molar-refractivity contribution in [2.45, 2.75) is 62.5 Å². The Morgan fingerprint density at radius 1 is 1.21 bits per heavy atom. The Labute approximate surface area is 243 Å². The number of benzene rings is 1. The van der Waals surface area contributed by atoms with E-state index in [0.717, 1.165) is 12.0 Å². The number of aliphatic hydroxyl groups is 1. The van der Waals surface area contributed by atoms with Crippen LogP contribution >= 0.6 is 0 Å². The van der Waals surface area contributed by atoms with Crippen LogP contribution in [0.15, 0.2) is 30.3 Å². The third-order valence-corrected chi connectivity index (χ3v) is 8.86. The van der Waals surface area contributed by atoms with Crippen LogP contribution in [0.4, 0.5) is 0 Å². The summed E-state index contributed by atoms with van der Waals surface area (Å²) in [6.45, 7) is 6.80. The molecule has 0 aliphatic carbocycles. The van der Waals surface area contributed by atoms with Crippen LogP contribution in [-0.2, 0) is 5.41 Å². The number of nitrogens with one attached hydrogen (secondary N) is 6. The second-order valence-electron chi connectivity index (χ2n) is 12.1. The first-order chi connectivity index (χ1) is 19.9. The van der Waals surface area contributed by atoms with Crippen molar-refractivity contribution >= 4 is 23.7 Å². The van der Waals surface area contributed by atoms with Gasteiger partial charge in [0.25, 0.3) is 11.8 Å². The Balaban J connectivity index is 1.23. The van der Waals surface area contributed by atoms with Crippen LogP contribution in [0.1, 0.15) is 52.4 Å². The Bertz CT molecular complexity index is 1460. The van der Waals surface area contributed by atoms with Gasteiger partial charge in [-0.15, -0.1) is 5.10 Å². The fraction of sp³-hybridized carbons (Fsp3) is 0.500. The molecule has 5 heterocycles. The lowest BCUT2D eigenvalue weighted by Crippen LogP contribution is -2.78. The van der Waals surface area contributed by atoms with Crippen LogP contribution in [0.5, 0.6) is 5.75 Å². The molecule has 6 rings (SSSR count). The van der Waals surface area contributed by atoms with Crippen LogP contribution in [0.2, 0.25) is 0 Å². The average molecular weight is 577 g/mol. The molecular formula is C28H36N10O4. The van der Waals surface area contributed by atoms with Gasteiger partial charge in [0, 0.05) is 25.7 Å². The molecule has 0 saturated carbocycles. The Morgan fingerprint density at radius 3 is 2.74 bits per heavy atom. The van der Waals surface area contributed by atoms with Crippen molar-refractivity contribution in [3.63, 3.8) is 0 Å². The topological polar surface area (TPSA) is 192 Å². The molecule has 1 spiro atoms. The van der Waals surface area contributed by atoms with Crippen molar-refractivity contribution in [3.8, 4) is 5.75 Å². The van der Waals surface area contributed by atoms with Crippen molar-refractivity contribution in [1.82, 2.24) is 41.3 Å². The van der Waals surface area contributed by atoms with E-state index < -0.39 is 29.9 Å². The summed E-state index contributed by atoms with van der Waals surface area (Å²) in [7, 11) is 1.62. The first kappa shape index (κ1) is 27.7. The number of hydrogen-bond donors (Lipinski definition) is 7. The van der Waals surface area contributed by atoms with E-state index in [1.54, 1.807) is 37.1 Å². The number of carbonyl (C=O) groups is 2. The monoisotopic (exact) mass is 576 g/mol. The van der Waals surface area contributed by atoms with Gasteiger partial charge in [-0.1, -0.05) is 26.0 Å². The molecular weight excluding hydrogens is 540 g/mol. The molecule has 2 aromatic rings. The molecule has 2 unspecified atom stereocenters. The number of hydrogen-bond acceptors (Lipinski definition) is 8. The summed E-state index contributed by atoms with van der Waals surface area (Å²) in [6, 6.07) is 6.88. The second-order valence-corrected chi connectivity index (χ2v) is 12.1. The van der Waals surface area contributed by atoms with Crippen LogP contribution in [0.3, 0.4) is 0 Å². The van der Waals surface area contributed by atoms with Gasteiger partial charge in [-0.2, -0.15) is 5.10 Å². The summed E-state index contributed by atoms with van der Waals surface area (Å²) in [5.41, 5.74) is 0.795. The number of likely N-dealkylation sites (N-methyl/N-ethyl adjacent to an activating group) is 1. The molecule has 0 radical (unpaired) electrons. The third-order valence-electron chi connectivity index (χ3n) is 8.86. The maximum atomic E-state index is 13.6. The number of para-hydroxylation sites is 1. The predicted molar refractivity (Wildman–Crippen MR) is 152 cm³/mol. The first-order valence-electron chi connectivity index (χ1n) is 14.0. The number of guanidine groups is 2. The normalized spacial score (nSPS) is 28.7. The molecule has 4 aliphatic rings. The fourth-order valence-electron chi connectivity index (χ4n) is 6.56. The summed E-state index contributed by atoms with van der Waals surface area (Å²) in [5, 5.41) is 49.1. The lowest BCUT2D eigenvalue weighted by Gasteiger charge is -2.49. The number of aryl methyl sites for hydroxylation is 1. The van der Waals surface area contributed by atoms with Gasteiger partial charge in [0.05, 0.1) is 36.0 Å². The summed E-state index contributed by atoms with van der Waals surface area (Å²) in [6.07, 6.45) is -0.363. The molecule has 14 heteroatoms. The minimum absolute atomic E-state index is 0.00852. The minimum atomic E-state index is -1.30. The van der Waals surface area contributed by atoms with E-state index in [1.165, 1.54) is 4.90 Å². The Hall–Kier alpha value is -4.46. The first-order valence-corrected chi connectivity index (χ1v) is 14.0. The van der Waals surface area contributed by atoms with E-state index in [2.05, 4.69) is 45.3 Å². The maximum absolute atomic E-state index is 13.6. The smallest absolute Gasteiger partial charge is 0.274 e. The summed E-state index contributed by atoms with van der Waals surface area (Å²) in [5.74, 6) is -0.196. The molecule has 2 amide bonds. The summed E-state index contributed by atoms with van der Waals surface area (Å²) < 4.78 is 5.94. The van der Waals surface area contributed by atoms with Crippen LogP contribution < -0.4 is 26.0 Å². The Morgan fingerprint density at radius 2 is 2.00 bits per heavy atom. The molecule has 4 aliphatic heterocycles. The number of aromatic nitrogens is 2. The molecule has 3 saturated heterocycles. The van der Waals surface area contributed by atoms with Crippen molar-refractivity contribution in [1.29, 1.82) is 10.8 Å². The zero-order valence-electron chi connectivity index (χ0n) is 24.0. The molecule has 0 bridgehead atoms. The average Bonchev–Trinajstić information content (AvgIpc) is 3.44. The van der Waals surface area contributed by atoms with E-state index in [1.807, 2.05) is 12.1 Å². The predicted octanol–water partition coefficient (Wildman–Crippen LogP) is -0.509. The summed E-state index contributed by atoms with van der Waals surface area (Å²) in [4.78, 5) is 29.7. The SMILES string of the molecule is Cc1ccc(C(=O)N(C)C[C@@H]2NC(=N)N3CC(NC(=O)c4cccc5c4OCCC5(C)C)[C@@H](O)C34NC(=N)N[C@@H]24)nn1. The van der Waals surface area contributed by atoms with E-state index >= 15 is 0 Å². The van der Waals surface area contributed by atoms with Gasteiger partial charge in [0.1, 0.15) is 11.9 Å². The highest BCUT2D eigenvalue weighted by Crippen LogP contribution is 2.41. The highest BCUT2D eigenvalue weighted by Gasteiger charge is 2.66. The lowest BCUT2D eigenvalue weighted by atomic mass is 9.79. The molecule has 1 aromatic heterocycles.